The first-order chi connectivity index (χ1) is 30.9. The fourth-order valence-corrected chi connectivity index (χ4v) is 9.67. The summed E-state index contributed by atoms with van der Waals surface area (Å²) in [4.78, 5) is 77.5. The lowest BCUT2D eigenvalue weighted by molar-refractivity contribution is -0.179. The van der Waals surface area contributed by atoms with Crippen molar-refractivity contribution in [3.63, 3.8) is 0 Å². The Kier molecular flexibility index (Phi) is 12.1. The number of anilines is 1. The van der Waals surface area contributed by atoms with Gasteiger partial charge >= 0.3 is 23.9 Å². The number of methoxy groups -OCH3 is 1. The van der Waals surface area contributed by atoms with Crippen LogP contribution in [0, 0.1) is 23.7 Å². The molecule has 64 heavy (non-hydrogen) atoms. The Morgan fingerprint density at radius 3 is 2.08 bits per heavy atom. The zero-order valence-electron chi connectivity index (χ0n) is 35.8. The molecule has 13 nitrogen and oxygen atoms in total. The third kappa shape index (κ3) is 7.65. The number of fused-ring (bicyclic) bond motifs is 3. The highest BCUT2D eigenvalue weighted by molar-refractivity contribution is 6.24. The van der Waals surface area contributed by atoms with Crippen LogP contribution in [0.5, 0.6) is 5.75 Å². The van der Waals surface area contributed by atoms with E-state index in [4.69, 9.17) is 9.47 Å². The van der Waals surface area contributed by atoms with Gasteiger partial charge in [-0.2, -0.15) is 0 Å². The molecule has 0 unspecified atom stereocenters. The molecular weight excluding hydrogens is 813 g/mol. The Morgan fingerprint density at radius 2 is 1.47 bits per heavy atom. The third-order valence-corrected chi connectivity index (χ3v) is 12.4. The van der Waals surface area contributed by atoms with Crippen molar-refractivity contribution < 1.29 is 43.7 Å². The molecule has 3 N–H and O–H groups in total. The number of nitrogens with one attached hydrogen (secondary N) is 1. The summed E-state index contributed by atoms with van der Waals surface area (Å²) in [6.45, 7) is 4.42. The number of esters is 2. The van der Waals surface area contributed by atoms with Crippen molar-refractivity contribution in [3.05, 3.63) is 167 Å². The summed E-state index contributed by atoms with van der Waals surface area (Å²) in [6, 6.07) is 33.3. The number of cyclic esters (lactones) is 1. The minimum atomic E-state index is -2.21. The number of aromatic hydroxyl groups is 1. The summed E-state index contributed by atoms with van der Waals surface area (Å²) < 4.78 is 11.3. The van der Waals surface area contributed by atoms with Gasteiger partial charge in [-0.3, -0.25) is 24.2 Å². The molecular formula is C51H48N4O9. The zero-order valence-corrected chi connectivity index (χ0v) is 35.8. The molecule has 5 aromatic rings. The molecule has 0 aliphatic carbocycles. The van der Waals surface area contributed by atoms with Crippen LogP contribution in [0.3, 0.4) is 0 Å². The van der Waals surface area contributed by atoms with Gasteiger partial charge in [-0.15, -0.1) is 0 Å². The Hall–Kier alpha value is -7.27. The quantitative estimate of drug-likeness (QED) is 0.103. The topological polar surface area (TPSA) is 166 Å². The molecule has 8 rings (SSSR count). The van der Waals surface area contributed by atoms with Gasteiger partial charge in [0.1, 0.15) is 35.3 Å². The van der Waals surface area contributed by atoms with E-state index in [-0.39, 0.29) is 17.0 Å². The lowest BCUT2D eigenvalue weighted by Gasteiger charge is -2.46. The molecule has 0 saturated carbocycles. The van der Waals surface area contributed by atoms with E-state index in [1.807, 2.05) is 103 Å². The predicted molar refractivity (Wildman–Crippen MR) is 236 cm³/mol. The zero-order chi connectivity index (χ0) is 45.3. The van der Waals surface area contributed by atoms with Gasteiger partial charge in [0.25, 0.3) is 0 Å². The number of carboxylic acids is 1. The number of benzene rings is 5. The molecule has 13 heteroatoms. The molecule has 0 bridgehead atoms. The summed E-state index contributed by atoms with van der Waals surface area (Å²) >= 11 is 0. The molecule has 7 atom stereocenters. The van der Waals surface area contributed by atoms with Crippen molar-refractivity contribution >= 4 is 35.5 Å². The van der Waals surface area contributed by atoms with Crippen molar-refractivity contribution in [2.45, 2.75) is 56.1 Å². The van der Waals surface area contributed by atoms with Crippen LogP contribution >= 0.6 is 0 Å². The third-order valence-electron chi connectivity index (χ3n) is 12.4. The van der Waals surface area contributed by atoms with E-state index in [9.17, 15) is 29.4 Å². The number of carbonyl (C=O) groups is 5. The van der Waals surface area contributed by atoms with E-state index in [0.717, 1.165) is 10.5 Å². The van der Waals surface area contributed by atoms with Crippen LogP contribution in [0.2, 0.25) is 0 Å². The lowest BCUT2D eigenvalue weighted by atomic mass is 9.65. The van der Waals surface area contributed by atoms with Gasteiger partial charge in [0.05, 0.1) is 31.4 Å². The number of ether oxygens (including phenoxy) is 2. The molecule has 1 spiro atoms. The number of hydrogen-bond acceptors (Lipinski definition) is 10. The van der Waals surface area contributed by atoms with Gasteiger partial charge in [0, 0.05) is 12.1 Å². The minimum Gasteiger partial charge on any atom is -0.508 e. The van der Waals surface area contributed by atoms with Gasteiger partial charge in [-0.25, -0.2) is 14.5 Å². The van der Waals surface area contributed by atoms with Gasteiger partial charge in [0.15, 0.2) is 0 Å². The van der Waals surface area contributed by atoms with Crippen LogP contribution < -0.4 is 10.2 Å². The van der Waals surface area contributed by atoms with Crippen molar-refractivity contribution in [2.24, 2.45) is 11.8 Å². The Balaban J connectivity index is 1.37. The van der Waals surface area contributed by atoms with Crippen molar-refractivity contribution in [2.75, 3.05) is 25.6 Å². The average Bonchev–Trinajstić information content (AvgIpc) is 3.75. The van der Waals surface area contributed by atoms with Crippen LogP contribution in [0.1, 0.15) is 65.4 Å². The first-order valence-corrected chi connectivity index (χ1v) is 21.0. The van der Waals surface area contributed by atoms with E-state index < -0.39 is 77.4 Å². The van der Waals surface area contributed by atoms with E-state index in [2.05, 4.69) is 17.2 Å². The molecule has 5 aromatic carbocycles. The SMILES string of the molecule is COC(=O)[C@@H](NC(=O)N1C(=O)[C@@]2(c3cc(C#CCN(C)Cc4ccccc4)ccc31)[C@H](C(=O)O)[C@H]1C(=O)O[C@H](c3ccccc3)[C@H](c3ccccc3)N1[C@@H]2c1ccc(O)cc1)C(C)C. The number of carboxylic acid groups (broad SMARTS) is 1. The van der Waals surface area contributed by atoms with Gasteiger partial charge in [0.2, 0.25) is 5.91 Å². The van der Waals surface area contributed by atoms with Crippen LogP contribution in [-0.2, 0) is 40.6 Å². The first kappa shape index (κ1) is 43.4. The number of urea groups is 1. The van der Waals surface area contributed by atoms with E-state index in [0.29, 0.717) is 35.3 Å². The van der Waals surface area contributed by atoms with E-state index >= 15 is 4.79 Å². The second kappa shape index (κ2) is 17.8. The summed E-state index contributed by atoms with van der Waals surface area (Å²) in [7, 11) is 3.13. The Bertz CT molecular complexity index is 2630. The molecule has 0 radical (unpaired) electrons. The normalized spacial score (nSPS) is 22.9. The number of morpholine rings is 1. The number of phenols is 1. The fraction of sp³-hybridized carbons (Fsp3) is 0.275. The Morgan fingerprint density at radius 1 is 0.844 bits per heavy atom. The van der Waals surface area contributed by atoms with Crippen LogP contribution in [0.15, 0.2) is 133 Å². The second-order valence-corrected chi connectivity index (χ2v) is 16.7. The molecule has 3 heterocycles. The van der Waals surface area contributed by atoms with Gasteiger partial charge in [-0.1, -0.05) is 129 Å². The maximum atomic E-state index is 16.0. The molecule has 3 aliphatic rings. The van der Waals surface area contributed by atoms with Crippen LogP contribution in [-0.4, -0.2) is 82.6 Å². The molecule has 2 fully saturated rings. The molecule has 326 valence electrons. The van der Waals surface area contributed by atoms with Crippen LogP contribution in [0.4, 0.5) is 10.5 Å². The number of aliphatic carboxylic acids is 1. The minimum absolute atomic E-state index is 0.0562. The van der Waals surface area contributed by atoms with E-state index in [1.54, 1.807) is 49.1 Å². The molecule has 2 saturated heterocycles. The summed E-state index contributed by atoms with van der Waals surface area (Å²) in [5.74, 6) is -0.00470. The number of nitrogens with zero attached hydrogens (tertiary/aromatic N) is 3. The van der Waals surface area contributed by atoms with E-state index in [1.165, 1.54) is 19.2 Å². The maximum Gasteiger partial charge on any atom is 0.329 e. The fourth-order valence-electron chi connectivity index (χ4n) is 9.67. The average molecular weight is 861 g/mol. The lowest BCUT2D eigenvalue weighted by Crippen LogP contribution is -2.56. The standard InChI is InChI=1S/C51H48N4O9/c1-31(2)41(47(59)63-4)52-50(62)54-39-27-22-32(17-14-28-53(3)30-33-15-8-5-9-16-33)29-38(39)51(49(54)61)40(46(57)58)43-48(60)64-44(35-20-12-7-13-21-35)42(34-18-10-6-11-19-34)55(43)45(51)36-23-25-37(56)26-24-36/h5-13,15-16,18-27,29,31,40-45,56H,28,30H2,1-4H3,(H,52,62)(H,57,58)/t40-,41-,42-,43-,44+,45+,51-/m0/s1. The largest absolute Gasteiger partial charge is 0.508 e. The molecule has 3 aliphatic heterocycles. The number of phenolic OH excluding ortho intramolecular Hbond substituents is 1. The number of carbonyl (C=O) groups excluding carboxylic acids is 4. The number of amides is 3. The number of hydrogen-bond donors (Lipinski definition) is 3. The predicted octanol–water partition coefficient (Wildman–Crippen LogP) is 6.53. The summed E-state index contributed by atoms with van der Waals surface area (Å²) in [5, 5.41) is 24.9. The van der Waals surface area contributed by atoms with Gasteiger partial charge in [-0.05, 0) is 71.1 Å². The van der Waals surface area contributed by atoms with Crippen molar-refractivity contribution in [3.8, 4) is 17.6 Å². The highest BCUT2D eigenvalue weighted by atomic mass is 16.6. The Labute approximate surface area is 371 Å². The van der Waals surface area contributed by atoms with Crippen molar-refractivity contribution in [1.82, 2.24) is 15.1 Å². The summed E-state index contributed by atoms with van der Waals surface area (Å²) in [6.07, 6.45) is -0.969. The van der Waals surface area contributed by atoms with Crippen molar-refractivity contribution in [1.29, 1.82) is 0 Å². The number of imide groups is 1. The molecule has 0 aromatic heterocycles. The second-order valence-electron chi connectivity index (χ2n) is 16.7. The molecule has 3 amide bonds. The number of rotatable bonds is 10. The maximum absolute atomic E-state index is 16.0. The first-order valence-electron chi connectivity index (χ1n) is 21.0. The van der Waals surface area contributed by atoms with Crippen LogP contribution in [0.25, 0.3) is 0 Å². The highest BCUT2D eigenvalue weighted by Gasteiger charge is 2.76. The van der Waals surface area contributed by atoms with Gasteiger partial charge < -0.3 is 25.0 Å². The highest BCUT2D eigenvalue weighted by Crippen LogP contribution is 2.66. The smallest absolute Gasteiger partial charge is 0.329 e. The summed E-state index contributed by atoms with van der Waals surface area (Å²) in [5.41, 5.74) is 1.23. The monoisotopic (exact) mass is 860 g/mol.